The first-order valence-corrected chi connectivity index (χ1v) is 6.41. The van der Waals surface area contributed by atoms with Gasteiger partial charge in [-0.25, -0.2) is 9.18 Å². The van der Waals surface area contributed by atoms with Gasteiger partial charge in [-0.1, -0.05) is 19.9 Å². The van der Waals surface area contributed by atoms with E-state index in [1.54, 1.807) is 12.1 Å². The zero-order chi connectivity index (χ0) is 13.8. The molecule has 1 aromatic carbocycles. The highest BCUT2D eigenvalue weighted by Gasteiger charge is 2.29. The standard InChI is InChI=1S/C14H18FNO3/c1-9(2)16-8-10-3-4-12(11(15)7-10)19-13-5-6-18-14(13)17/h3-4,7,9,13,16H,5-6,8H2,1-2H3. The molecule has 1 N–H and O–H groups in total. The number of carbonyl (C=O) groups excluding carboxylic acids is 1. The smallest absolute Gasteiger partial charge is 0.347 e. The normalized spacial score (nSPS) is 18.7. The Kier molecular flexibility index (Phi) is 4.37. The van der Waals surface area contributed by atoms with Crippen LogP contribution in [0.25, 0.3) is 0 Å². The van der Waals surface area contributed by atoms with Crippen molar-refractivity contribution in [2.45, 2.75) is 39.0 Å². The molecule has 1 aromatic rings. The molecular formula is C14H18FNO3. The SMILES string of the molecule is CC(C)NCc1ccc(OC2CCOC2=O)c(F)c1. The fourth-order valence-corrected chi connectivity index (χ4v) is 1.81. The van der Waals surface area contributed by atoms with Gasteiger partial charge in [0.2, 0.25) is 0 Å². The van der Waals surface area contributed by atoms with Gasteiger partial charge in [0.05, 0.1) is 6.61 Å². The van der Waals surface area contributed by atoms with E-state index in [4.69, 9.17) is 9.47 Å². The van der Waals surface area contributed by atoms with Crippen molar-refractivity contribution < 1.29 is 18.7 Å². The molecule has 0 aromatic heterocycles. The van der Waals surface area contributed by atoms with Gasteiger partial charge in [-0.15, -0.1) is 0 Å². The molecule has 1 saturated heterocycles. The molecule has 2 rings (SSSR count). The molecule has 19 heavy (non-hydrogen) atoms. The van der Waals surface area contributed by atoms with Gasteiger partial charge in [0.25, 0.3) is 0 Å². The summed E-state index contributed by atoms with van der Waals surface area (Å²) in [4.78, 5) is 11.3. The molecule has 4 nitrogen and oxygen atoms in total. The maximum atomic E-state index is 13.9. The minimum atomic E-state index is -0.686. The fraction of sp³-hybridized carbons (Fsp3) is 0.500. The molecule has 1 atom stereocenters. The van der Waals surface area contributed by atoms with Crippen LogP contribution >= 0.6 is 0 Å². The second kappa shape index (κ2) is 6.02. The molecule has 1 fully saturated rings. The zero-order valence-corrected chi connectivity index (χ0v) is 11.1. The van der Waals surface area contributed by atoms with E-state index in [9.17, 15) is 9.18 Å². The predicted octanol–water partition coefficient (Wildman–Crippen LogP) is 2.02. The van der Waals surface area contributed by atoms with E-state index in [1.165, 1.54) is 6.07 Å². The van der Waals surface area contributed by atoms with Gasteiger partial charge >= 0.3 is 5.97 Å². The number of hydrogen-bond acceptors (Lipinski definition) is 4. The number of rotatable bonds is 5. The van der Waals surface area contributed by atoms with Crippen LogP contribution in [0.5, 0.6) is 5.75 Å². The first-order chi connectivity index (χ1) is 9.06. The Morgan fingerprint density at radius 3 is 2.89 bits per heavy atom. The van der Waals surface area contributed by atoms with Gasteiger partial charge in [-0.2, -0.15) is 0 Å². The van der Waals surface area contributed by atoms with Crippen LogP contribution < -0.4 is 10.1 Å². The average molecular weight is 267 g/mol. The molecule has 5 heteroatoms. The maximum absolute atomic E-state index is 13.9. The van der Waals surface area contributed by atoms with E-state index < -0.39 is 17.9 Å². The molecule has 0 saturated carbocycles. The Morgan fingerprint density at radius 2 is 2.32 bits per heavy atom. The monoisotopic (exact) mass is 267 g/mol. The topological polar surface area (TPSA) is 47.6 Å². The summed E-state index contributed by atoms with van der Waals surface area (Å²) in [7, 11) is 0. The summed E-state index contributed by atoms with van der Waals surface area (Å²) < 4.78 is 23.9. The number of halogens is 1. The minimum absolute atomic E-state index is 0.0946. The molecule has 0 bridgehead atoms. The third kappa shape index (κ3) is 3.67. The Morgan fingerprint density at radius 1 is 1.53 bits per heavy atom. The summed E-state index contributed by atoms with van der Waals surface area (Å²) in [6.07, 6.45) is -0.219. The Balaban J connectivity index is 2.00. The number of cyclic esters (lactones) is 1. The van der Waals surface area contributed by atoms with E-state index >= 15 is 0 Å². The zero-order valence-electron chi connectivity index (χ0n) is 11.1. The molecule has 1 aliphatic heterocycles. The summed E-state index contributed by atoms with van der Waals surface area (Å²) in [5.74, 6) is -0.787. The van der Waals surface area contributed by atoms with Crippen molar-refractivity contribution in [1.82, 2.24) is 5.32 Å². The van der Waals surface area contributed by atoms with Crippen LogP contribution in [0.4, 0.5) is 4.39 Å². The van der Waals surface area contributed by atoms with Crippen molar-refractivity contribution >= 4 is 5.97 Å². The van der Waals surface area contributed by atoms with Crippen molar-refractivity contribution in [1.29, 1.82) is 0 Å². The molecule has 0 aliphatic carbocycles. The van der Waals surface area contributed by atoms with Crippen molar-refractivity contribution in [2.24, 2.45) is 0 Å². The van der Waals surface area contributed by atoms with Crippen LogP contribution in [0.3, 0.4) is 0 Å². The van der Waals surface area contributed by atoms with Crippen molar-refractivity contribution in [3.8, 4) is 5.75 Å². The minimum Gasteiger partial charge on any atom is -0.476 e. The first-order valence-electron chi connectivity index (χ1n) is 6.41. The van der Waals surface area contributed by atoms with Gasteiger partial charge in [-0.3, -0.25) is 0 Å². The molecule has 0 spiro atoms. The number of nitrogens with one attached hydrogen (secondary N) is 1. The Labute approximate surface area is 111 Å². The second-order valence-corrected chi connectivity index (χ2v) is 4.86. The molecule has 1 aliphatic rings. The maximum Gasteiger partial charge on any atom is 0.347 e. The molecular weight excluding hydrogens is 249 g/mol. The van der Waals surface area contributed by atoms with Crippen molar-refractivity contribution in [3.05, 3.63) is 29.6 Å². The lowest BCUT2D eigenvalue weighted by molar-refractivity contribution is -0.143. The fourth-order valence-electron chi connectivity index (χ4n) is 1.81. The highest BCUT2D eigenvalue weighted by Crippen LogP contribution is 2.22. The van der Waals surface area contributed by atoms with Crippen LogP contribution in [0.15, 0.2) is 18.2 Å². The van der Waals surface area contributed by atoms with Crippen LogP contribution in [0.1, 0.15) is 25.8 Å². The van der Waals surface area contributed by atoms with E-state index in [-0.39, 0.29) is 5.75 Å². The lowest BCUT2D eigenvalue weighted by Crippen LogP contribution is -2.23. The second-order valence-electron chi connectivity index (χ2n) is 4.86. The Bertz CT molecular complexity index is 462. The number of benzene rings is 1. The quantitative estimate of drug-likeness (QED) is 0.829. The third-order valence-electron chi connectivity index (χ3n) is 2.87. The number of esters is 1. The lowest BCUT2D eigenvalue weighted by atomic mass is 10.2. The molecule has 0 radical (unpaired) electrons. The van der Waals surface area contributed by atoms with E-state index in [1.807, 2.05) is 13.8 Å². The summed E-state index contributed by atoms with van der Waals surface area (Å²) in [5, 5.41) is 3.21. The van der Waals surface area contributed by atoms with E-state index in [0.29, 0.717) is 25.6 Å². The van der Waals surface area contributed by atoms with E-state index in [2.05, 4.69) is 5.32 Å². The van der Waals surface area contributed by atoms with Crippen LogP contribution in [-0.2, 0) is 16.1 Å². The number of carbonyl (C=O) groups is 1. The van der Waals surface area contributed by atoms with E-state index in [0.717, 1.165) is 5.56 Å². The molecule has 1 heterocycles. The predicted molar refractivity (Wildman–Crippen MR) is 68.4 cm³/mol. The van der Waals surface area contributed by atoms with Gasteiger partial charge < -0.3 is 14.8 Å². The van der Waals surface area contributed by atoms with Crippen LogP contribution in [0, 0.1) is 5.82 Å². The van der Waals surface area contributed by atoms with Gasteiger partial charge in [0, 0.05) is 19.0 Å². The van der Waals surface area contributed by atoms with Crippen molar-refractivity contribution in [2.75, 3.05) is 6.61 Å². The molecule has 1 unspecified atom stereocenters. The van der Waals surface area contributed by atoms with Gasteiger partial charge in [-0.05, 0) is 17.7 Å². The van der Waals surface area contributed by atoms with Crippen LogP contribution in [0.2, 0.25) is 0 Å². The molecule has 0 amide bonds. The highest BCUT2D eigenvalue weighted by atomic mass is 19.1. The van der Waals surface area contributed by atoms with Gasteiger partial charge in [0.15, 0.2) is 17.7 Å². The van der Waals surface area contributed by atoms with Gasteiger partial charge in [0.1, 0.15) is 0 Å². The van der Waals surface area contributed by atoms with Crippen molar-refractivity contribution in [3.63, 3.8) is 0 Å². The first kappa shape index (κ1) is 13.8. The summed E-state index contributed by atoms with van der Waals surface area (Å²) in [5.41, 5.74) is 0.840. The summed E-state index contributed by atoms with van der Waals surface area (Å²) >= 11 is 0. The summed E-state index contributed by atoms with van der Waals surface area (Å²) in [6.45, 7) is 4.99. The summed E-state index contributed by atoms with van der Waals surface area (Å²) in [6, 6.07) is 5.10. The third-order valence-corrected chi connectivity index (χ3v) is 2.87. The molecule has 104 valence electrons. The largest absolute Gasteiger partial charge is 0.476 e. The highest BCUT2D eigenvalue weighted by molar-refractivity contribution is 5.76. The number of hydrogen-bond donors (Lipinski definition) is 1. The van der Waals surface area contributed by atoms with Crippen LogP contribution in [-0.4, -0.2) is 24.7 Å². The lowest BCUT2D eigenvalue weighted by Gasteiger charge is -2.12. The number of ether oxygens (including phenoxy) is 2. The Hall–Kier alpha value is -1.62. The average Bonchev–Trinajstić information content (AvgIpc) is 2.75.